The number of nitrogens with zero attached hydrogens (tertiary/aromatic N) is 2. The van der Waals surface area contributed by atoms with Gasteiger partial charge in [0.2, 0.25) is 0 Å². The highest BCUT2D eigenvalue weighted by Gasteiger charge is 2.16. The molecule has 0 aliphatic carbocycles. The molecule has 7 heteroatoms. The SMILES string of the molecule is C[C@@H](Nc1ncnc2scc(-c3ccccc3)c12)c1ccc(S(C)(=O)=O)cc1. The maximum atomic E-state index is 11.7. The Bertz CT molecular complexity index is 1220. The zero-order valence-electron chi connectivity index (χ0n) is 15.5. The van der Waals surface area contributed by atoms with Crippen molar-refractivity contribution in [1.82, 2.24) is 9.97 Å². The summed E-state index contributed by atoms with van der Waals surface area (Å²) in [6, 6.07) is 17.1. The molecule has 0 saturated heterocycles. The quantitative estimate of drug-likeness (QED) is 0.506. The maximum Gasteiger partial charge on any atom is 0.175 e. The van der Waals surface area contributed by atoms with Crippen LogP contribution in [-0.4, -0.2) is 24.6 Å². The maximum absolute atomic E-state index is 11.7. The fraction of sp³-hybridized carbons (Fsp3) is 0.143. The van der Waals surface area contributed by atoms with Gasteiger partial charge in [-0.25, -0.2) is 18.4 Å². The third kappa shape index (κ3) is 3.63. The number of rotatable bonds is 5. The van der Waals surface area contributed by atoms with Crippen molar-refractivity contribution >= 4 is 37.2 Å². The minimum absolute atomic E-state index is 0.0461. The van der Waals surface area contributed by atoms with Gasteiger partial charge in [0.05, 0.1) is 10.3 Å². The topological polar surface area (TPSA) is 72.0 Å². The van der Waals surface area contributed by atoms with Crippen molar-refractivity contribution in [3.8, 4) is 11.1 Å². The molecule has 2 aromatic heterocycles. The molecule has 4 rings (SSSR count). The Balaban J connectivity index is 1.69. The van der Waals surface area contributed by atoms with Crippen LogP contribution in [0, 0.1) is 0 Å². The van der Waals surface area contributed by atoms with E-state index in [0.717, 1.165) is 32.7 Å². The van der Waals surface area contributed by atoms with Crippen LogP contribution in [0.15, 0.2) is 71.2 Å². The average molecular weight is 410 g/mol. The Morgan fingerprint density at radius 2 is 1.71 bits per heavy atom. The molecule has 0 aliphatic rings. The number of thiophene rings is 1. The van der Waals surface area contributed by atoms with E-state index in [-0.39, 0.29) is 6.04 Å². The van der Waals surface area contributed by atoms with Gasteiger partial charge in [-0.1, -0.05) is 42.5 Å². The zero-order chi connectivity index (χ0) is 19.7. The summed E-state index contributed by atoms with van der Waals surface area (Å²) >= 11 is 1.59. The van der Waals surface area contributed by atoms with E-state index >= 15 is 0 Å². The van der Waals surface area contributed by atoms with Crippen molar-refractivity contribution < 1.29 is 8.42 Å². The number of sulfone groups is 1. The largest absolute Gasteiger partial charge is 0.363 e. The van der Waals surface area contributed by atoms with Crippen LogP contribution in [0.1, 0.15) is 18.5 Å². The van der Waals surface area contributed by atoms with Crippen LogP contribution in [0.2, 0.25) is 0 Å². The summed E-state index contributed by atoms with van der Waals surface area (Å²) < 4.78 is 23.3. The van der Waals surface area contributed by atoms with E-state index in [4.69, 9.17) is 0 Å². The fourth-order valence-electron chi connectivity index (χ4n) is 3.11. The number of hydrogen-bond acceptors (Lipinski definition) is 6. The monoisotopic (exact) mass is 409 g/mol. The fourth-order valence-corrected chi connectivity index (χ4v) is 4.65. The van der Waals surface area contributed by atoms with Gasteiger partial charge in [0.15, 0.2) is 9.84 Å². The van der Waals surface area contributed by atoms with Crippen molar-refractivity contribution in [2.75, 3.05) is 11.6 Å². The van der Waals surface area contributed by atoms with Crippen LogP contribution in [0.5, 0.6) is 0 Å². The molecule has 0 radical (unpaired) electrons. The molecule has 4 aromatic rings. The van der Waals surface area contributed by atoms with E-state index in [0.29, 0.717) is 4.90 Å². The van der Waals surface area contributed by atoms with Crippen molar-refractivity contribution in [2.24, 2.45) is 0 Å². The normalized spacial score (nSPS) is 12.8. The minimum atomic E-state index is -3.20. The van der Waals surface area contributed by atoms with E-state index in [2.05, 4.69) is 32.8 Å². The number of hydrogen-bond donors (Lipinski definition) is 1. The van der Waals surface area contributed by atoms with E-state index in [9.17, 15) is 8.42 Å². The lowest BCUT2D eigenvalue weighted by Crippen LogP contribution is -2.09. The molecule has 1 N–H and O–H groups in total. The number of benzene rings is 2. The third-order valence-corrected chi connectivity index (χ3v) is 6.63. The van der Waals surface area contributed by atoms with Gasteiger partial charge in [-0.2, -0.15) is 0 Å². The first-order valence-electron chi connectivity index (χ1n) is 8.77. The molecule has 0 unspecified atom stereocenters. The van der Waals surface area contributed by atoms with Crippen LogP contribution < -0.4 is 5.32 Å². The van der Waals surface area contributed by atoms with Crippen molar-refractivity contribution in [2.45, 2.75) is 17.9 Å². The molecule has 0 fully saturated rings. The summed E-state index contributed by atoms with van der Waals surface area (Å²) in [5.41, 5.74) is 3.20. The first-order valence-corrected chi connectivity index (χ1v) is 11.5. The van der Waals surface area contributed by atoms with Gasteiger partial charge in [0.1, 0.15) is 17.0 Å². The lowest BCUT2D eigenvalue weighted by Gasteiger charge is -2.16. The molecule has 0 amide bonds. The smallest absolute Gasteiger partial charge is 0.175 e. The Morgan fingerprint density at radius 1 is 1.00 bits per heavy atom. The Kier molecular flexibility index (Phi) is 4.87. The molecule has 5 nitrogen and oxygen atoms in total. The molecule has 2 heterocycles. The van der Waals surface area contributed by atoms with Crippen molar-refractivity contribution in [3.63, 3.8) is 0 Å². The molecule has 0 saturated carbocycles. The van der Waals surface area contributed by atoms with E-state index in [1.807, 2.05) is 37.3 Å². The summed E-state index contributed by atoms with van der Waals surface area (Å²) in [6.07, 6.45) is 2.78. The van der Waals surface area contributed by atoms with Crippen LogP contribution in [0.4, 0.5) is 5.82 Å². The Morgan fingerprint density at radius 3 is 2.39 bits per heavy atom. The summed E-state index contributed by atoms with van der Waals surface area (Å²) in [5.74, 6) is 0.768. The minimum Gasteiger partial charge on any atom is -0.363 e. The van der Waals surface area contributed by atoms with Crippen molar-refractivity contribution in [1.29, 1.82) is 0 Å². The van der Waals surface area contributed by atoms with E-state index in [1.54, 1.807) is 29.8 Å². The van der Waals surface area contributed by atoms with Crippen LogP contribution in [-0.2, 0) is 9.84 Å². The van der Waals surface area contributed by atoms with Gasteiger partial charge in [-0.3, -0.25) is 0 Å². The Labute approximate surface area is 168 Å². The number of fused-ring (bicyclic) bond motifs is 1. The molecule has 0 aliphatic heterocycles. The molecule has 142 valence electrons. The standard InChI is InChI=1S/C21H19N3O2S2/c1-14(15-8-10-17(11-9-15)28(2,25)26)24-20-19-18(16-6-4-3-5-7-16)12-27-21(19)23-13-22-20/h3-14H,1-2H3,(H,22,23,24)/t14-/m1/s1. The second-order valence-corrected chi connectivity index (χ2v) is 9.50. The van der Waals surface area contributed by atoms with Crippen LogP contribution >= 0.6 is 11.3 Å². The molecular weight excluding hydrogens is 390 g/mol. The lowest BCUT2D eigenvalue weighted by atomic mass is 10.1. The summed E-state index contributed by atoms with van der Waals surface area (Å²) in [6.45, 7) is 2.03. The predicted molar refractivity (Wildman–Crippen MR) is 114 cm³/mol. The van der Waals surface area contributed by atoms with Crippen LogP contribution in [0.25, 0.3) is 21.3 Å². The zero-order valence-corrected chi connectivity index (χ0v) is 17.1. The van der Waals surface area contributed by atoms with Gasteiger partial charge < -0.3 is 5.32 Å². The van der Waals surface area contributed by atoms with Crippen LogP contribution in [0.3, 0.4) is 0 Å². The Hall–Kier alpha value is -2.77. The van der Waals surface area contributed by atoms with Gasteiger partial charge in [0.25, 0.3) is 0 Å². The molecular formula is C21H19N3O2S2. The number of anilines is 1. The lowest BCUT2D eigenvalue weighted by molar-refractivity contribution is 0.602. The molecule has 0 spiro atoms. The van der Waals surface area contributed by atoms with Gasteiger partial charge in [-0.05, 0) is 30.2 Å². The number of aromatic nitrogens is 2. The second-order valence-electron chi connectivity index (χ2n) is 6.63. The van der Waals surface area contributed by atoms with Gasteiger partial charge >= 0.3 is 0 Å². The average Bonchev–Trinajstić information content (AvgIpc) is 3.13. The highest BCUT2D eigenvalue weighted by molar-refractivity contribution is 7.90. The van der Waals surface area contributed by atoms with Gasteiger partial charge in [-0.15, -0.1) is 11.3 Å². The summed E-state index contributed by atoms with van der Waals surface area (Å²) in [7, 11) is -3.20. The number of nitrogens with one attached hydrogen (secondary N) is 1. The molecule has 0 bridgehead atoms. The summed E-state index contributed by atoms with van der Waals surface area (Å²) in [4.78, 5) is 10.1. The van der Waals surface area contributed by atoms with E-state index < -0.39 is 9.84 Å². The first kappa shape index (κ1) is 18.6. The van der Waals surface area contributed by atoms with E-state index in [1.165, 1.54) is 6.26 Å². The highest BCUT2D eigenvalue weighted by Crippen LogP contribution is 2.37. The molecule has 2 aromatic carbocycles. The summed E-state index contributed by atoms with van der Waals surface area (Å²) in [5, 5.41) is 6.56. The molecule has 28 heavy (non-hydrogen) atoms. The highest BCUT2D eigenvalue weighted by atomic mass is 32.2. The third-order valence-electron chi connectivity index (χ3n) is 4.62. The second kappa shape index (κ2) is 7.33. The first-order chi connectivity index (χ1) is 13.4. The van der Waals surface area contributed by atoms with Crippen molar-refractivity contribution in [3.05, 3.63) is 71.9 Å². The van der Waals surface area contributed by atoms with Gasteiger partial charge in [0, 0.05) is 23.2 Å². The molecule has 1 atom stereocenters. The predicted octanol–water partition coefficient (Wildman–Crippen LogP) is 4.93.